The van der Waals surface area contributed by atoms with Gasteiger partial charge in [-0.3, -0.25) is 19.3 Å². The Balaban J connectivity index is 1.67. The molecular formula is C20H21N3O3. The number of hydrogen-bond acceptors (Lipinski definition) is 4. The van der Waals surface area contributed by atoms with Gasteiger partial charge in [0.25, 0.3) is 0 Å². The van der Waals surface area contributed by atoms with Gasteiger partial charge in [-0.25, -0.2) is 0 Å². The van der Waals surface area contributed by atoms with E-state index in [1.165, 1.54) is 4.90 Å². The van der Waals surface area contributed by atoms with Gasteiger partial charge in [0, 0.05) is 31.0 Å². The smallest absolute Gasteiger partial charge is 0.234 e. The van der Waals surface area contributed by atoms with Gasteiger partial charge in [0.15, 0.2) is 0 Å². The van der Waals surface area contributed by atoms with Crippen molar-refractivity contribution in [1.29, 1.82) is 0 Å². The standard InChI is InChI=1S/C20H21N3O3/c1-13-11-15(7-8-17(13)23-19(25)9-10-20(23)26)22-18(24)12-16(21)14-5-3-2-4-6-14/h2-8,11,16H,9-10,12,21H2,1H3,(H,22,24). The average Bonchev–Trinajstić information content (AvgIpc) is 2.94. The lowest BCUT2D eigenvalue weighted by Gasteiger charge is -2.18. The first kappa shape index (κ1) is 17.8. The molecule has 1 atom stereocenters. The van der Waals surface area contributed by atoms with Crippen LogP contribution in [-0.4, -0.2) is 17.7 Å². The fourth-order valence-corrected chi connectivity index (χ4v) is 3.06. The van der Waals surface area contributed by atoms with E-state index in [0.29, 0.717) is 11.4 Å². The van der Waals surface area contributed by atoms with Crippen LogP contribution in [0.1, 0.15) is 36.4 Å². The summed E-state index contributed by atoms with van der Waals surface area (Å²) in [4.78, 5) is 37.2. The van der Waals surface area contributed by atoms with E-state index in [0.717, 1.165) is 11.1 Å². The molecule has 1 unspecified atom stereocenters. The summed E-state index contributed by atoms with van der Waals surface area (Å²) in [7, 11) is 0. The first-order valence-electron chi connectivity index (χ1n) is 8.52. The number of amides is 3. The number of rotatable bonds is 5. The van der Waals surface area contributed by atoms with E-state index in [2.05, 4.69) is 5.32 Å². The second kappa shape index (κ2) is 7.49. The number of nitrogens with one attached hydrogen (secondary N) is 1. The van der Waals surface area contributed by atoms with Crippen molar-refractivity contribution < 1.29 is 14.4 Å². The number of carbonyl (C=O) groups excluding carboxylic acids is 3. The second-order valence-electron chi connectivity index (χ2n) is 6.39. The van der Waals surface area contributed by atoms with Gasteiger partial charge in [0.1, 0.15) is 0 Å². The molecule has 134 valence electrons. The molecule has 1 heterocycles. The molecule has 0 aliphatic carbocycles. The Labute approximate surface area is 152 Å². The van der Waals surface area contributed by atoms with E-state index < -0.39 is 0 Å². The number of hydrogen-bond donors (Lipinski definition) is 2. The maximum absolute atomic E-state index is 12.2. The highest BCUT2D eigenvalue weighted by Crippen LogP contribution is 2.28. The predicted molar refractivity (Wildman–Crippen MR) is 99.5 cm³/mol. The van der Waals surface area contributed by atoms with Crippen LogP contribution in [0.4, 0.5) is 11.4 Å². The summed E-state index contributed by atoms with van der Waals surface area (Å²) in [5, 5.41) is 2.82. The Morgan fingerprint density at radius 1 is 1.12 bits per heavy atom. The third-order valence-corrected chi connectivity index (χ3v) is 4.41. The Morgan fingerprint density at radius 3 is 2.38 bits per heavy atom. The zero-order valence-corrected chi connectivity index (χ0v) is 14.6. The minimum absolute atomic E-state index is 0.161. The summed E-state index contributed by atoms with van der Waals surface area (Å²) in [6.45, 7) is 1.81. The normalized spacial score (nSPS) is 15.2. The minimum Gasteiger partial charge on any atom is -0.326 e. The molecule has 6 heteroatoms. The van der Waals surface area contributed by atoms with Crippen LogP contribution in [0.3, 0.4) is 0 Å². The van der Waals surface area contributed by atoms with E-state index in [1.807, 2.05) is 30.3 Å². The lowest BCUT2D eigenvalue weighted by Crippen LogP contribution is -2.29. The molecule has 1 fully saturated rings. The first-order chi connectivity index (χ1) is 12.5. The molecule has 2 aromatic rings. The van der Waals surface area contributed by atoms with Crippen LogP contribution in [0.25, 0.3) is 0 Å². The number of nitrogens with two attached hydrogens (primary N) is 1. The Morgan fingerprint density at radius 2 is 1.77 bits per heavy atom. The Bertz CT molecular complexity index is 833. The lowest BCUT2D eigenvalue weighted by molar-refractivity contribution is -0.121. The largest absolute Gasteiger partial charge is 0.326 e. The van der Waals surface area contributed by atoms with Gasteiger partial charge < -0.3 is 11.1 Å². The molecule has 26 heavy (non-hydrogen) atoms. The molecule has 0 aromatic heterocycles. The van der Waals surface area contributed by atoms with Crippen molar-refractivity contribution >= 4 is 29.1 Å². The predicted octanol–water partition coefficient (Wildman–Crippen LogP) is 2.68. The van der Waals surface area contributed by atoms with Crippen molar-refractivity contribution in [3.05, 3.63) is 59.7 Å². The van der Waals surface area contributed by atoms with E-state index in [9.17, 15) is 14.4 Å². The van der Waals surface area contributed by atoms with E-state index in [4.69, 9.17) is 5.73 Å². The van der Waals surface area contributed by atoms with Crippen molar-refractivity contribution in [3.63, 3.8) is 0 Å². The van der Waals surface area contributed by atoms with Crippen LogP contribution in [0, 0.1) is 6.92 Å². The van der Waals surface area contributed by atoms with Gasteiger partial charge in [-0.05, 0) is 36.2 Å². The number of aryl methyl sites for hydroxylation is 1. The topological polar surface area (TPSA) is 92.5 Å². The molecule has 3 N–H and O–H groups in total. The van der Waals surface area contributed by atoms with Crippen LogP contribution in [0.5, 0.6) is 0 Å². The average molecular weight is 351 g/mol. The van der Waals surface area contributed by atoms with Gasteiger partial charge in [0.05, 0.1) is 5.69 Å². The van der Waals surface area contributed by atoms with E-state index in [-0.39, 0.29) is 43.0 Å². The maximum Gasteiger partial charge on any atom is 0.234 e. The van der Waals surface area contributed by atoms with Crippen molar-refractivity contribution in [3.8, 4) is 0 Å². The summed E-state index contributed by atoms with van der Waals surface area (Å²) >= 11 is 0. The summed E-state index contributed by atoms with van der Waals surface area (Å²) in [5.41, 5.74) is 8.90. The summed E-state index contributed by atoms with van der Waals surface area (Å²) in [6, 6.07) is 14.2. The molecule has 2 aromatic carbocycles. The zero-order chi connectivity index (χ0) is 18.7. The second-order valence-corrected chi connectivity index (χ2v) is 6.39. The van der Waals surface area contributed by atoms with Crippen LogP contribution >= 0.6 is 0 Å². The van der Waals surface area contributed by atoms with Crippen LogP contribution in [-0.2, 0) is 14.4 Å². The van der Waals surface area contributed by atoms with Crippen molar-refractivity contribution in [2.24, 2.45) is 5.73 Å². The number of carbonyl (C=O) groups is 3. The molecule has 0 radical (unpaired) electrons. The fraction of sp³-hybridized carbons (Fsp3) is 0.250. The molecule has 1 aliphatic rings. The third kappa shape index (κ3) is 3.81. The van der Waals surface area contributed by atoms with Gasteiger partial charge in [0.2, 0.25) is 17.7 Å². The Hall–Kier alpha value is -2.99. The molecule has 0 saturated carbocycles. The summed E-state index contributed by atoms with van der Waals surface area (Å²) < 4.78 is 0. The third-order valence-electron chi connectivity index (χ3n) is 4.41. The minimum atomic E-state index is -0.378. The van der Waals surface area contributed by atoms with E-state index in [1.54, 1.807) is 25.1 Å². The first-order valence-corrected chi connectivity index (χ1v) is 8.52. The van der Waals surface area contributed by atoms with Crippen LogP contribution in [0.15, 0.2) is 48.5 Å². The highest BCUT2D eigenvalue weighted by molar-refractivity contribution is 6.20. The zero-order valence-electron chi connectivity index (χ0n) is 14.6. The monoisotopic (exact) mass is 351 g/mol. The molecule has 0 bridgehead atoms. The molecular weight excluding hydrogens is 330 g/mol. The summed E-state index contributed by atoms with van der Waals surface area (Å²) in [5.74, 6) is -0.575. The van der Waals surface area contributed by atoms with Crippen molar-refractivity contribution in [2.75, 3.05) is 10.2 Å². The maximum atomic E-state index is 12.2. The highest BCUT2D eigenvalue weighted by Gasteiger charge is 2.31. The van der Waals surface area contributed by atoms with Gasteiger partial charge in [-0.1, -0.05) is 30.3 Å². The quantitative estimate of drug-likeness (QED) is 0.810. The van der Waals surface area contributed by atoms with Crippen LogP contribution in [0.2, 0.25) is 0 Å². The number of anilines is 2. The Kier molecular flexibility index (Phi) is 5.14. The van der Waals surface area contributed by atoms with Gasteiger partial charge >= 0.3 is 0 Å². The SMILES string of the molecule is Cc1cc(NC(=O)CC(N)c2ccccc2)ccc1N1C(=O)CCC1=O. The van der Waals surface area contributed by atoms with Gasteiger partial charge in [-0.15, -0.1) is 0 Å². The molecule has 1 aliphatic heterocycles. The van der Waals surface area contributed by atoms with Crippen molar-refractivity contribution in [2.45, 2.75) is 32.2 Å². The lowest BCUT2D eigenvalue weighted by atomic mass is 10.0. The number of imide groups is 1. The molecule has 6 nitrogen and oxygen atoms in total. The molecule has 0 spiro atoms. The molecule has 1 saturated heterocycles. The van der Waals surface area contributed by atoms with E-state index >= 15 is 0 Å². The highest BCUT2D eigenvalue weighted by atomic mass is 16.2. The fourth-order valence-electron chi connectivity index (χ4n) is 3.06. The molecule has 3 rings (SSSR count). The number of benzene rings is 2. The van der Waals surface area contributed by atoms with Gasteiger partial charge in [-0.2, -0.15) is 0 Å². The molecule has 3 amide bonds. The van der Waals surface area contributed by atoms with Crippen molar-refractivity contribution in [1.82, 2.24) is 0 Å². The summed E-state index contributed by atoms with van der Waals surface area (Å²) in [6.07, 6.45) is 0.649. The van der Waals surface area contributed by atoms with Crippen LogP contribution < -0.4 is 16.0 Å². The number of nitrogens with zero attached hydrogens (tertiary/aromatic N) is 1.